The highest BCUT2D eigenvalue weighted by atomic mass is 32.2. The fourth-order valence-electron chi connectivity index (χ4n) is 4.82. The van der Waals surface area contributed by atoms with Crippen molar-refractivity contribution >= 4 is 63.3 Å². The summed E-state index contributed by atoms with van der Waals surface area (Å²) in [6.07, 6.45) is 4.31. The molecule has 0 aliphatic carbocycles. The molecule has 2 aliphatic rings. The maximum absolute atomic E-state index is 16.0. The van der Waals surface area contributed by atoms with Crippen LogP contribution in [0.5, 0.6) is 0 Å². The van der Waals surface area contributed by atoms with E-state index < -0.39 is 81.0 Å². The predicted octanol–water partition coefficient (Wildman–Crippen LogP) is 1.24. The van der Waals surface area contributed by atoms with Gasteiger partial charge in [-0.25, -0.2) is 14.1 Å². The van der Waals surface area contributed by atoms with E-state index in [9.17, 15) is 42.0 Å². The maximum atomic E-state index is 16.0. The molecule has 0 radical (unpaired) electrons. The number of aromatic nitrogens is 2. The van der Waals surface area contributed by atoms with Crippen molar-refractivity contribution in [2.24, 2.45) is 0 Å². The van der Waals surface area contributed by atoms with Crippen molar-refractivity contribution in [3.8, 4) is 5.69 Å². The highest BCUT2D eigenvalue weighted by molar-refractivity contribution is 8.03. The number of carbonyl (C=O) groups is 4. The molecule has 19 heteroatoms. The molecule has 0 bridgehead atoms. The highest BCUT2D eigenvalue weighted by Gasteiger charge is 2.40. The first-order chi connectivity index (χ1) is 22.6. The van der Waals surface area contributed by atoms with Crippen molar-refractivity contribution in [1.82, 2.24) is 14.0 Å². The van der Waals surface area contributed by atoms with Gasteiger partial charge < -0.3 is 28.8 Å². The summed E-state index contributed by atoms with van der Waals surface area (Å²) < 4.78 is 60.5. The number of allylic oxidation sites excluding steroid dienone is 3. The SMILES string of the molecule is CC(=C/C(F)=C1/Sc2ccc(-n3cccc3)cc2N1CCCS(=O)(=O)O)C=c1o/c(=C2/OC(=O)N(CC(=O)O)C2=O)n(CC(=O)O)c1=O. The maximum Gasteiger partial charge on any atom is 0.423 e. The first-order valence-electron chi connectivity index (χ1n) is 13.8. The number of benzene rings is 1. The molecule has 5 rings (SSSR count). The van der Waals surface area contributed by atoms with Gasteiger partial charge >= 0.3 is 23.9 Å². The van der Waals surface area contributed by atoms with E-state index in [-0.39, 0.29) is 28.5 Å². The second-order valence-corrected chi connectivity index (χ2v) is 13.0. The van der Waals surface area contributed by atoms with Gasteiger partial charge in [0.15, 0.2) is 11.2 Å². The van der Waals surface area contributed by atoms with Crippen molar-refractivity contribution in [1.29, 1.82) is 0 Å². The van der Waals surface area contributed by atoms with Gasteiger partial charge in [-0.3, -0.25) is 28.3 Å². The Labute approximate surface area is 273 Å². The number of rotatable bonds is 11. The first-order valence-corrected chi connectivity index (χ1v) is 16.2. The Bertz CT molecular complexity index is 2200. The molecule has 16 nitrogen and oxygen atoms in total. The summed E-state index contributed by atoms with van der Waals surface area (Å²) in [6.45, 7) is -0.689. The lowest BCUT2D eigenvalue weighted by atomic mass is 10.2. The fraction of sp³-hybridized carbons (Fsp3) is 0.207. The van der Waals surface area contributed by atoms with Crippen LogP contribution in [0.15, 0.2) is 79.3 Å². The average molecular weight is 705 g/mol. The van der Waals surface area contributed by atoms with E-state index in [1.54, 1.807) is 17.0 Å². The third-order valence-electron chi connectivity index (χ3n) is 6.83. The Morgan fingerprint density at radius 3 is 2.38 bits per heavy atom. The Morgan fingerprint density at radius 1 is 1.04 bits per heavy atom. The van der Waals surface area contributed by atoms with Crippen LogP contribution in [0.4, 0.5) is 14.9 Å². The van der Waals surface area contributed by atoms with Gasteiger partial charge in [0.1, 0.15) is 18.1 Å². The number of ether oxygens (including phenoxy) is 1. The van der Waals surface area contributed by atoms with Crippen LogP contribution in [0.1, 0.15) is 13.3 Å². The van der Waals surface area contributed by atoms with Gasteiger partial charge in [0, 0.05) is 29.5 Å². The van der Waals surface area contributed by atoms with Crippen LogP contribution in [0, 0.1) is 0 Å². The van der Waals surface area contributed by atoms with E-state index >= 15 is 4.39 Å². The van der Waals surface area contributed by atoms with Gasteiger partial charge in [-0.1, -0.05) is 11.8 Å². The number of hydrogen-bond donors (Lipinski definition) is 3. The monoisotopic (exact) mass is 704 g/mol. The van der Waals surface area contributed by atoms with Crippen LogP contribution in [-0.2, 0) is 35.8 Å². The van der Waals surface area contributed by atoms with Gasteiger partial charge in [0.05, 0.1) is 11.4 Å². The Hall–Kier alpha value is -5.40. The lowest BCUT2D eigenvalue weighted by Gasteiger charge is -2.21. The van der Waals surface area contributed by atoms with E-state index in [0.29, 0.717) is 15.1 Å². The summed E-state index contributed by atoms with van der Waals surface area (Å²) in [4.78, 5) is 62.9. The number of fused-ring (bicyclic) bond motifs is 1. The largest absolute Gasteiger partial charge is 0.480 e. The lowest BCUT2D eigenvalue weighted by molar-refractivity contribution is -0.140. The number of carboxylic acid groups (broad SMARTS) is 2. The van der Waals surface area contributed by atoms with Gasteiger partial charge in [0.2, 0.25) is 0 Å². The normalized spacial score (nSPS) is 17.6. The molecule has 1 saturated heterocycles. The molecule has 0 spiro atoms. The van der Waals surface area contributed by atoms with E-state index in [1.807, 2.05) is 35.2 Å². The van der Waals surface area contributed by atoms with Gasteiger partial charge in [0.25, 0.3) is 27.0 Å². The van der Waals surface area contributed by atoms with Gasteiger partial charge in [-0.05, 0) is 61.4 Å². The number of carboxylic acids is 2. The minimum atomic E-state index is -4.28. The second kappa shape index (κ2) is 13.4. The van der Waals surface area contributed by atoms with Crippen LogP contribution >= 0.6 is 11.8 Å². The summed E-state index contributed by atoms with van der Waals surface area (Å²) in [6, 6.07) is 9.03. The number of aliphatic carboxylic acids is 2. The molecule has 0 saturated carbocycles. The van der Waals surface area contributed by atoms with Crippen LogP contribution < -0.4 is 21.4 Å². The van der Waals surface area contributed by atoms with Crippen molar-refractivity contribution in [2.75, 3.05) is 23.7 Å². The molecule has 0 atom stereocenters. The molecule has 2 aromatic heterocycles. The Kier molecular flexibility index (Phi) is 9.46. The van der Waals surface area contributed by atoms with Crippen LogP contribution in [-0.4, -0.2) is 80.0 Å². The fourth-order valence-corrected chi connectivity index (χ4v) is 6.39. The standard InChI is InChI=1S/C29H25FN4O12S2/c1-16(12-20-25(39)33(14-22(35)36)27(45-20)24-26(40)34(15-23(37)38)29(41)46-24)11-18(30)28-32(9-4-10-48(42,43)44)19-13-17(5-6-21(19)47-28)31-7-2-3-8-31/h2-3,5-8,11-13H,4,9-10,14-15H2,1H3,(H,35,36)(H,37,38)(H,42,43,44)/b16-11?,20-12?,27-24+,28-18-. The molecule has 2 amide bonds. The minimum Gasteiger partial charge on any atom is -0.480 e. The second-order valence-electron chi connectivity index (χ2n) is 10.4. The molecule has 0 unspecified atom stereocenters. The number of anilines is 1. The summed E-state index contributed by atoms with van der Waals surface area (Å²) in [5.41, 5.74) is -0.990. The van der Waals surface area contributed by atoms with E-state index in [2.05, 4.69) is 0 Å². The number of cyclic esters (lactones) is 1. The number of amides is 2. The number of hydrogen-bond acceptors (Lipinski definition) is 11. The lowest BCUT2D eigenvalue weighted by Crippen LogP contribution is -2.36. The molecular formula is C29H25FN4O12S2. The van der Waals surface area contributed by atoms with Crippen LogP contribution in [0.3, 0.4) is 0 Å². The smallest absolute Gasteiger partial charge is 0.423 e. The Balaban J connectivity index is 1.56. The molecule has 4 heterocycles. The summed E-state index contributed by atoms with van der Waals surface area (Å²) >= 11 is 1.06. The van der Waals surface area contributed by atoms with Crippen LogP contribution in [0.25, 0.3) is 17.5 Å². The molecular weight excluding hydrogens is 679 g/mol. The molecule has 252 valence electrons. The van der Waals surface area contributed by atoms with E-state index in [1.165, 1.54) is 6.92 Å². The third-order valence-corrected chi connectivity index (χ3v) is 8.81. The van der Waals surface area contributed by atoms with Crippen molar-refractivity contribution in [3.63, 3.8) is 0 Å². The number of imide groups is 1. The van der Waals surface area contributed by atoms with Crippen molar-refractivity contribution in [2.45, 2.75) is 24.8 Å². The molecule has 1 aromatic carbocycles. The zero-order chi connectivity index (χ0) is 34.9. The number of nitrogens with zero attached hydrogens (tertiary/aromatic N) is 4. The topological polar surface area (TPSA) is 219 Å². The van der Waals surface area contributed by atoms with E-state index in [0.717, 1.165) is 29.6 Å². The number of halogens is 1. The molecule has 2 aliphatic heterocycles. The molecule has 48 heavy (non-hydrogen) atoms. The third kappa shape index (κ3) is 7.27. The van der Waals surface area contributed by atoms with Crippen LogP contribution in [0.2, 0.25) is 0 Å². The van der Waals surface area contributed by atoms with Gasteiger partial charge in [-0.15, -0.1) is 0 Å². The number of carbonyl (C=O) groups excluding carboxylic acids is 2. The van der Waals surface area contributed by atoms with Gasteiger partial charge in [-0.2, -0.15) is 8.42 Å². The molecule has 3 aromatic rings. The molecule has 3 N–H and O–H groups in total. The molecule has 1 fully saturated rings. The van der Waals surface area contributed by atoms with E-state index in [4.69, 9.17) is 14.3 Å². The first kappa shape index (κ1) is 33.9. The predicted molar refractivity (Wildman–Crippen MR) is 165 cm³/mol. The number of thioether (sulfide) groups is 1. The average Bonchev–Trinajstić information content (AvgIpc) is 3.77. The Morgan fingerprint density at radius 2 is 1.73 bits per heavy atom. The van der Waals surface area contributed by atoms with Crippen molar-refractivity contribution < 1.29 is 55.9 Å². The summed E-state index contributed by atoms with van der Waals surface area (Å²) in [5, 5.41) is 18.4. The minimum absolute atomic E-state index is 0.0139. The zero-order valence-electron chi connectivity index (χ0n) is 24.7. The van der Waals surface area contributed by atoms with Crippen molar-refractivity contribution in [3.05, 3.63) is 86.5 Å². The zero-order valence-corrected chi connectivity index (χ0v) is 26.4. The highest BCUT2D eigenvalue weighted by Crippen LogP contribution is 2.48. The summed E-state index contributed by atoms with van der Waals surface area (Å²) in [7, 11) is -4.28. The quantitative estimate of drug-likeness (QED) is 0.239. The summed E-state index contributed by atoms with van der Waals surface area (Å²) in [5.74, 6) is -6.62. The number of oxazole rings is 1.